The van der Waals surface area contributed by atoms with E-state index in [0.717, 1.165) is 0 Å². The Morgan fingerprint density at radius 3 is 2.74 bits per heavy atom. The van der Waals surface area contributed by atoms with E-state index in [1.54, 1.807) is 12.1 Å². The summed E-state index contributed by atoms with van der Waals surface area (Å²) in [6.45, 7) is 1.86. The van der Waals surface area contributed by atoms with Gasteiger partial charge in [-0.3, -0.25) is 14.5 Å². The van der Waals surface area contributed by atoms with Gasteiger partial charge in [0.05, 0.1) is 18.8 Å². The lowest BCUT2D eigenvalue weighted by Gasteiger charge is -2.25. The van der Waals surface area contributed by atoms with Crippen molar-refractivity contribution in [1.82, 2.24) is 5.32 Å². The summed E-state index contributed by atoms with van der Waals surface area (Å²) in [6.07, 6.45) is -0.272. The van der Waals surface area contributed by atoms with E-state index >= 15 is 0 Å². The number of carbonyl (C=O) groups excluding carboxylic acids is 3. The molecule has 7 heteroatoms. The predicted octanol–water partition coefficient (Wildman–Crippen LogP) is 1.73. The van der Waals surface area contributed by atoms with Crippen LogP contribution < -0.4 is 10.2 Å². The first-order valence-corrected chi connectivity index (χ1v) is 7.47. The van der Waals surface area contributed by atoms with E-state index in [-0.39, 0.29) is 30.7 Å². The normalized spacial score (nSPS) is 21.1. The van der Waals surface area contributed by atoms with Crippen molar-refractivity contribution < 1.29 is 23.5 Å². The molecule has 2 aliphatic rings. The van der Waals surface area contributed by atoms with Gasteiger partial charge in [0.25, 0.3) is 0 Å². The Morgan fingerprint density at radius 1 is 1.39 bits per heavy atom. The molecular weight excluding hydrogens is 303 g/mol. The monoisotopic (exact) mass is 320 g/mol. The number of rotatable bonds is 4. The zero-order valence-electron chi connectivity index (χ0n) is 12.7. The first-order chi connectivity index (χ1) is 10.9. The van der Waals surface area contributed by atoms with Crippen LogP contribution in [0.3, 0.4) is 0 Å². The summed E-state index contributed by atoms with van der Waals surface area (Å²) < 4.78 is 19.4. The van der Waals surface area contributed by atoms with E-state index in [9.17, 15) is 18.8 Å². The lowest BCUT2D eigenvalue weighted by Crippen LogP contribution is -2.33. The maximum atomic E-state index is 14.2. The third-order valence-electron chi connectivity index (χ3n) is 4.14. The van der Waals surface area contributed by atoms with Gasteiger partial charge in [-0.25, -0.2) is 9.18 Å². The molecule has 0 radical (unpaired) electrons. The molecule has 1 saturated carbocycles. The average Bonchev–Trinajstić information content (AvgIpc) is 2.83. The molecule has 0 unspecified atom stereocenters. The third kappa shape index (κ3) is 3.18. The smallest absolute Gasteiger partial charge is 0.414 e. The molecule has 0 spiro atoms. The molecule has 1 heterocycles. The molecule has 1 aliphatic carbocycles. The molecule has 0 aromatic heterocycles. The molecule has 0 bridgehead atoms. The summed E-state index contributed by atoms with van der Waals surface area (Å²) in [7, 11) is 0. The molecule has 2 amide bonds. The molecule has 122 valence electrons. The number of halogens is 1. The average molecular weight is 320 g/mol. The molecule has 1 aromatic rings. The van der Waals surface area contributed by atoms with Gasteiger partial charge in [0, 0.05) is 25.7 Å². The number of Topliss-reactive ketones (excluding diaryl/α,β-unsaturated/α-hetero) is 1. The van der Waals surface area contributed by atoms with Crippen LogP contribution in [0.4, 0.5) is 14.9 Å². The zero-order chi connectivity index (χ0) is 16.6. The number of cyclic esters (lactones) is 1. The highest BCUT2D eigenvalue weighted by Gasteiger charge is 2.34. The van der Waals surface area contributed by atoms with E-state index in [1.807, 2.05) is 0 Å². The van der Waals surface area contributed by atoms with Crippen LogP contribution in [-0.4, -0.2) is 37.0 Å². The Balaban J connectivity index is 1.69. The molecule has 1 aliphatic heterocycles. The Morgan fingerprint density at radius 2 is 2.13 bits per heavy atom. The molecule has 1 aromatic carbocycles. The van der Waals surface area contributed by atoms with Crippen LogP contribution in [0.1, 0.15) is 31.2 Å². The number of ketones is 1. The summed E-state index contributed by atoms with van der Waals surface area (Å²) in [5.41, 5.74) is 0.919. The third-order valence-corrected chi connectivity index (χ3v) is 4.14. The van der Waals surface area contributed by atoms with Crippen LogP contribution in [0.5, 0.6) is 0 Å². The van der Waals surface area contributed by atoms with Gasteiger partial charge < -0.3 is 10.1 Å². The predicted molar refractivity (Wildman–Crippen MR) is 79.7 cm³/mol. The summed E-state index contributed by atoms with van der Waals surface area (Å²) in [6, 6.07) is 4.57. The second-order valence-electron chi connectivity index (χ2n) is 5.90. The number of nitrogens with one attached hydrogen (secondary N) is 1. The van der Waals surface area contributed by atoms with Crippen molar-refractivity contribution in [2.45, 2.75) is 31.8 Å². The highest BCUT2D eigenvalue weighted by atomic mass is 19.1. The first kappa shape index (κ1) is 15.5. The molecule has 1 atom stereocenters. The molecule has 6 nitrogen and oxygen atoms in total. The van der Waals surface area contributed by atoms with Crippen LogP contribution in [-0.2, 0) is 14.3 Å². The Bertz CT molecular complexity index is 668. The van der Waals surface area contributed by atoms with E-state index in [0.29, 0.717) is 24.1 Å². The fraction of sp³-hybridized carbons (Fsp3) is 0.438. The minimum absolute atomic E-state index is 0.0606. The Labute approximate surface area is 132 Å². The van der Waals surface area contributed by atoms with Crippen molar-refractivity contribution in [1.29, 1.82) is 0 Å². The van der Waals surface area contributed by atoms with Gasteiger partial charge in [-0.1, -0.05) is 6.07 Å². The van der Waals surface area contributed by atoms with Gasteiger partial charge in [0.1, 0.15) is 17.7 Å². The van der Waals surface area contributed by atoms with E-state index < -0.39 is 18.0 Å². The van der Waals surface area contributed by atoms with Crippen molar-refractivity contribution in [2.75, 3.05) is 18.0 Å². The lowest BCUT2D eigenvalue weighted by molar-refractivity contribution is -0.124. The van der Waals surface area contributed by atoms with E-state index in [4.69, 9.17) is 4.74 Å². The summed E-state index contributed by atoms with van der Waals surface area (Å²) in [4.78, 5) is 35.2. The largest absolute Gasteiger partial charge is 0.442 e. The van der Waals surface area contributed by atoms with Crippen LogP contribution >= 0.6 is 0 Å². The maximum Gasteiger partial charge on any atom is 0.414 e. The van der Waals surface area contributed by atoms with Gasteiger partial charge in [-0.15, -0.1) is 0 Å². The first-order valence-electron chi connectivity index (χ1n) is 7.47. The SMILES string of the molecule is CC(=O)NC[C@H]1CN(c2ccc(C3CC(=O)C3)c(F)c2)C(=O)O1. The number of amides is 2. The number of hydrogen-bond acceptors (Lipinski definition) is 4. The molecule has 1 saturated heterocycles. The van der Waals surface area contributed by atoms with Crippen molar-refractivity contribution in [3.05, 3.63) is 29.6 Å². The summed E-state index contributed by atoms with van der Waals surface area (Å²) in [5.74, 6) is -0.542. The Kier molecular flexibility index (Phi) is 4.02. The quantitative estimate of drug-likeness (QED) is 0.917. The minimum atomic E-state index is -0.564. The van der Waals surface area contributed by atoms with E-state index in [2.05, 4.69) is 5.32 Å². The molecule has 2 fully saturated rings. The highest BCUT2D eigenvalue weighted by Crippen LogP contribution is 2.36. The maximum absolute atomic E-state index is 14.2. The number of benzene rings is 1. The van der Waals surface area contributed by atoms with Gasteiger partial charge in [0.2, 0.25) is 5.91 Å². The minimum Gasteiger partial charge on any atom is -0.442 e. The fourth-order valence-electron chi connectivity index (χ4n) is 2.82. The van der Waals surface area contributed by atoms with Crippen LogP contribution in [0, 0.1) is 5.82 Å². The fourth-order valence-corrected chi connectivity index (χ4v) is 2.82. The number of nitrogens with zero attached hydrogens (tertiary/aromatic N) is 1. The standard InChI is InChI=1S/C16H17FN2O4/c1-9(20)18-7-13-8-19(16(22)23-13)11-2-3-14(15(17)6-11)10-4-12(21)5-10/h2-3,6,10,13H,4-5,7-8H2,1H3,(H,18,20)/t13-/m0/s1. The molecule has 23 heavy (non-hydrogen) atoms. The second-order valence-corrected chi connectivity index (χ2v) is 5.90. The Hall–Kier alpha value is -2.44. The van der Waals surface area contributed by atoms with Crippen molar-refractivity contribution in [2.24, 2.45) is 0 Å². The van der Waals surface area contributed by atoms with Crippen LogP contribution in [0.25, 0.3) is 0 Å². The second kappa shape index (κ2) is 5.98. The van der Waals surface area contributed by atoms with Gasteiger partial charge in [-0.05, 0) is 17.7 Å². The molecule has 3 rings (SSSR count). The number of carbonyl (C=O) groups is 3. The van der Waals surface area contributed by atoms with Gasteiger partial charge in [-0.2, -0.15) is 0 Å². The van der Waals surface area contributed by atoms with Crippen LogP contribution in [0.15, 0.2) is 18.2 Å². The topological polar surface area (TPSA) is 75.7 Å². The molecular formula is C16H17FN2O4. The zero-order valence-corrected chi connectivity index (χ0v) is 12.7. The molecule has 1 N–H and O–H groups in total. The lowest BCUT2D eigenvalue weighted by atomic mass is 9.78. The van der Waals surface area contributed by atoms with Crippen molar-refractivity contribution in [3.8, 4) is 0 Å². The van der Waals surface area contributed by atoms with Crippen molar-refractivity contribution in [3.63, 3.8) is 0 Å². The van der Waals surface area contributed by atoms with E-state index in [1.165, 1.54) is 17.9 Å². The number of anilines is 1. The number of hydrogen-bond donors (Lipinski definition) is 1. The van der Waals surface area contributed by atoms with Gasteiger partial charge >= 0.3 is 6.09 Å². The van der Waals surface area contributed by atoms with Crippen molar-refractivity contribution >= 4 is 23.5 Å². The van der Waals surface area contributed by atoms with Crippen LogP contribution in [0.2, 0.25) is 0 Å². The van der Waals surface area contributed by atoms with Gasteiger partial charge in [0.15, 0.2) is 0 Å². The summed E-state index contributed by atoms with van der Waals surface area (Å²) in [5, 5.41) is 2.59. The number of ether oxygens (including phenoxy) is 1. The highest BCUT2D eigenvalue weighted by molar-refractivity contribution is 5.90. The summed E-state index contributed by atoms with van der Waals surface area (Å²) >= 11 is 0.